The highest BCUT2D eigenvalue weighted by Gasteiger charge is 2.13. The summed E-state index contributed by atoms with van der Waals surface area (Å²) in [6, 6.07) is 1.67. The number of ether oxygens (including phenoxy) is 1. The average Bonchev–Trinajstić information content (AvgIpc) is 2.22. The molecule has 0 N–H and O–H groups in total. The first kappa shape index (κ1) is 13.0. The van der Waals surface area contributed by atoms with E-state index in [1.165, 1.54) is 0 Å². The smallest absolute Gasteiger partial charge is 0.167 e. The van der Waals surface area contributed by atoms with Gasteiger partial charge in [0.25, 0.3) is 0 Å². The Kier molecular flexibility index (Phi) is 4.80. The van der Waals surface area contributed by atoms with Gasteiger partial charge in [0.05, 0.1) is 12.2 Å². The van der Waals surface area contributed by atoms with Gasteiger partial charge >= 0.3 is 0 Å². The van der Waals surface area contributed by atoms with Gasteiger partial charge in [0.15, 0.2) is 11.6 Å². The van der Waals surface area contributed by atoms with Crippen LogP contribution in [0.3, 0.4) is 0 Å². The first-order chi connectivity index (χ1) is 7.52. The van der Waals surface area contributed by atoms with Crippen molar-refractivity contribution in [3.8, 4) is 0 Å². The molecule has 0 fully saturated rings. The number of rotatable bonds is 5. The number of hydrogen-bond donors (Lipinski definition) is 0. The van der Waals surface area contributed by atoms with Crippen molar-refractivity contribution in [1.29, 1.82) is 0 Å². The first-order valence-corrected chi connectivity index (χ1v) is 5.22. The minimum absolute atomic E-state index is 0.234. The largest absolute Gasteiger partial charge is 0.377 e. The van der Waals surface area contributed by atoms with Crippen molar-refractivity contribution in [1.82, 2.24) is 0 Å². The Morgan fingerprint density at radius 1 is 1.12 bits per heavy atom. The summed E-state index contributed by atoms with van der Waals surface area (Å²) in [5, 5.41) is 0. The summed E-state index contributed by atoms with van der Waals surface area (Å²) in [5.74, 6) is -2.53. The molecule has 0 spiro atoms. The van der Waals surface area contributed by atoms with Crippen molar-refractivity contribution >= 4 is 0 Å². The molecule has 0 aliphatic carbocycles. The van der Waals surface area contributed by atoms with E-state index in [4.69, 9.17) is 4.74 Å². The van der Waals surface area contributed by atoms with Crippen molar-refractivity contribution in [2.24, 2.45) is 5.92 Å². The highest BCUT2D eigenvalue weighted by Crippen LogP contribution is 2.16. The third-order valence-electron chi connectivity index (χ3n) is 2.22. The van der Waals surface area contributed by atoms with E-state index >= 15 is 0 Å². The lowest BCUT2D eigenvalue weighted by Gasteiger charge is -2.08. The molecule has 0 aromatic heterocycles. The van der Waals surface area contributed by atoms with E-state index in [2.05, 4.69) is 0 Å². The van der Waals surface area contributed by atoms with Crippen LogP contribution in [0.2, 0.25) is 0 Å². The van der Waals surface area contributed by atoms with E-state index in [0.29, 0.717) is 12.5 Å². The van der Waals surface area contributed by atoms with E-state index in [0.717, 1.165) is 18.6 Å². The molecule has 1 aromatic carbocycles. The molecule has 4 heteroatoms. The van der Waals surface area contributed by atoms with E-state index in [-0.39, 0.29) is 12.2 Å². The van der Waals surface area contributed by atoms with Crippen LogP contribution in [0.4, 0.5) is 13.2 Å². The van der Waals surface area contributed by atoms with Crippen LogP contribution in [0.25, 0.3) is 0 Å². The van der Waals surface area contributed by atoms with Gasteiger partial charge in [-0.25, -0.2) is 13.2 Å². The van der Waals surface area contributed by atoms with Gasteiger partial charge < -0.3 is 4.74 Å². The number of benzene rings is 1. The molecule has 0 radical (unpaired) electrons. The molecule has 1 nitrogen and oxygen atoms in total. The zero-order valence-electron chi connectivity index (χ0n) is 9.40. The summed E-state index contributed by atoms with van der Waals surface area (Å²) in [5.41, 5.74) is -0.344. The highest BCUT2D eigenvalue weighted by atomic mass is 19.2. The predicted molar refractivity (Wildman–Crippen MR) is 55.4 cm³/mol. The summed E-state index contributed by atoms with van der Waals surface area (Å²) in [4.78, 5) is 0. The van der Waals surface area contributed by atoms with Crippen LogP contribution >= 0.6 is 0 Å². The fraction of sp³-hybridized carbons (Fsp3) is 0.500. The standard InChI is InChI=1S/C12H15F3O/c1-8(2)5-6-16-7-9-10(13)3-4-11(14)12(9)15/h3-4,8H,5-7H2,1-2H3. The Morgan fingerprint density at radius 3 is 2.38 bits per heavy atom. The van der Waals surface area contributed by atoms with Gasteiger partial charge in [0.1, 0.15) is 5.82 Å². The Bertz CT molecular complexity index is 350. The fourth-order valence-corrected chi connectivity index (χ4v) is 1.19. The maximum Gasteiger partial charge on any atom is 0.167 e. The van der Waals surface area contributed by atoms with Crippen molar-refractivity contribution in [2.45, 2.75) is 26.9 Å². The molecule has 90 valence electrons. The van der Waals surface area contributed by atoms with Gasteiger partial charge in [-0.05, 0) is 24.5 Å². The van der Waals surface area contributed by atoms with Gasteiger partial charge in [-0.3, -0.25) is 0 Å². The summed E-state index contributed by atoms with van der Waals surface area (Å²) in [7, 11) is 0. The molecule has 16 heavy (non-hydrogen) atoms. The highest BCUT2D eigenvalue weighted by molar-refractivity contribution is 5.20. The lowest BCUT2D eigenvalue weighted by atomic mass is 10.1. The third kappa shape index (κ3) is 3.52. The van der Waals surface area contributed by atoms with E-state index < -0.39 is 17.5 Å². The molecule has 0 unspecified atom stereocenters. The van der Waals surface area contributed by atoms with Gasteiger partial charge in [0.2, 0.25) is 0 Å². The second-order valence-corrected chi connectivity index (χ2v) is 4.06. The van der Waals surface area contributed by atoms with Crippen LogP contribution in [-0.2, 0) is 11.3 Å². The molecule has 0 atom stereocenters. The zero-order valence-corrected chi connectivity index (χ0v) is 9.40. The van der Waals surface area contributed by atoms with Crippen molar-refractivity contribution < 1.29 is 17.9 Å². The van der Waals surface area contributed by atoms with Crippen LogP contribution in [0.15, 0.2) is 12.1 Å². The molecule has 0 saturated carbocycles. The first-order valence-electron chi connectivity index (χ1n) is 5.22. The quantitative estimate of drug-likeness (QED) is 0.556. The topological polar surface area (TPSA) is 9.23 Å². The monoisotopic (exact) mass is 232 g/mol. The molecular weight excluding hydrogens is 217 g/mol. The molecule has 0 aliphatic rings. The summed E-state index contributed by atoms with van der Waals surface area (Å²) < 4.78 is 44.2. The lowest BCUT2D eigenvalue weighted by molar-refractivity contribution is 0.105. The third-order valence-corrected chi connectivity index (χ3v) is 2.22. The number of hydrogen-bond acceptors (Lipinski definition) is 1. The second kappa shape index (κ2) is 5.89. The van der Waals surface area contributed by atoms with Crippen molar-refractivity contribution in [3.63, 3.8) is 0 Å². The number of halogens is 3. The maximum atomic E-state index is 13.2. The molecule has 0 saturated heterocycles. The molecular formula is C12H15F3O. The fourth-order valence-electron chi connectivity index (χ4n) is 1.19. The van der Waals surface area contributed by atoms with Crippen molar-refractivity contribution in [3.05, 3.63) is 35.1 Å². The minimum atomic E-state index is -1.16. The minimum Gasteiger partial charge on any atom is -0.377 e. The Labute approximate surface area is 93.2 Å². The average molecular weight is 232 g/mol. The second-order valence-electron chi connectivity index (χ2n) is 4.06. The lowest BCUT2D eigenvalue weighted by Crippen LogP contribution is -2.04. The summed E-state index contributed by atoms with van der Waals surface area (Å²) >= 11 is 0. The molecule has 0 bridgehead atoms. The van der Waals surface area contributed by atoms with E-state index in [1.807, 2.05) is 13.8 Å². The van der Waals surface area contributed by atoms with E-state index in [1.54, 1.807) is 0 Å². The molecule has 0 heterocycles. The predicted octanol–water partition coefficient (Wildman–Crippen LogP) is 3.67. The summed E-state index contributed by atoms with van der Waals surface area (Å²) in [6.07, 6.45) is 0.804. The van der Waals surface area contributed by atoms with Gasteiger partial charge in [-0.2, -0.15) is 0 Å². The maximum absolute atomic E-state index is 13.2. The van der Waals surface area contributed by atoms with Crippen LogP contribution in [0.5, 0.6) is 0 Å². The zero-order chi connectivity index (χ0) is 12.1. The molecule has 1 rings (SSSR count). The molecule has 1 aromatic rings. The van der Waals surface area contributed by atoms with Gasteiger partial charge in [-0.1, -0.05) is 13.8 Å². The van der Waals surface area contributed by atoms with Crippen LogP contribution in [0, 0.1) is 23.4 Å². The molecule has 0 aliphatic heterocycles. The summed E-state index contributed by atoms with van der Waals surface area (Å²) in [6.45, 7) is 4.22. The van der Waals surface area contributed by atoms with Gasteiger partial charge in [-0.15, -0.1) is 0 Å². The Hall–Kier alpha value is -1.03. The van der Waals surface area contributed by atoms with Crippen LogP contribution < -0.4 is 0 Å². The van der Waals surface area contributed by atoms with Crippen LogP contribution in [0.1, 0.15) is 25.8 Å². The van der Waals surface area contributed by atoms with Crippen molar-refractivity contribution in [2.75, 3.05) is 6.61 Å². The van der Waals surface area contributed by atoms with Gasteiger partial charge in [0, 0.05) is 6.61 Å². The Morgan fingerprint density at radius 2 is 1.75 bits per heavy atom. The van der Waals surface area contributed by atoms with E-state index in [9.17, 15) is 13.2 Å². The SMILES string of the molecule is CC(C)CCOCc1c(F)ccc(F)c1F. The van der Waals surface area contributed by atoms with Crippen LogP contribution in [-0.4, -0.2) is 6.61 Å². The molecule has 0 amide bonds. The Balaban J connectivity index is 2.56. The normalized spacial score (nSPS) is 11.1.